The number of nitrogens with zero attached hydrogens (tertiary/aromatic N) is 3. The Morgan fingerprint density at radius 1 is 1.15 bits per heavy atom. The molecule has 1 fully saturated rings. The van der Waals surface area contributed by atoms with Crippen LogP contribution in [-0.4, -0.2) is 34.5 Å². The number of nitrogens with one attached hydrogen (secondary N) is 2. The predicted octanol–water partition coefficient (Wildman–Crippen LogP) is 4.62. The minimum atomic E-state index is -0.329. The average molecular weight is 484 g/mol. The number of hydrogen-bond acceptors (Lipinski definition) is 6. The summed E-state index contributed by atoms with van der Waals surface area (Å²) in [5.41, 5.74) is 2.77. The summed E-state index contributed by atoms with van der Waals surface area (Å²) in [6.07, 6.45) is 0.698. The quantitative estimate of drug-likeness (QED) is 0.532. The van der Waals surface area contributed by atoms with Gasteiger partial charge >= 0.3 is 0 Å². The fourth-order valence-electron chi connectivity index (χ4n) is 3.45. The second kappa shape index (κ2) is 9.68. The van der Waals surface area contributed by atoms with E-state index in [0.717, 1.165) is 11.3 Å². The van der Waals surface area contributed by atoms with Crippen LogP contribution in [-0.2, 0) is 9.59 Å². The fourth-order valence-corrected chi connectivity index (χ4v) is 4.45. The fraction of sp³-hybridized carbons (Fsp3) is 0.261. The van der Waals surface area contributed by atoms with Gasteiger partial charge in [-0.2, -0.15) is 0 Å². The molecule has 1 atom stereocenters. The van der Waals surface area contributed by atoms with Gasteiger partial charge in [0, 0.05) is 47.3 Å². The molecule has 1 saturated heterocycles. The van der Waals surface area contributed by atoms with Gasteiger partial charge in [0.15, 0.2) is 0 Å². The smallest absolute Gasteiger partial charge is 0.257 e. The van der Waals surface area contributed by atoms with Crippen molar-refractivity contribution < 1.29 is 14.4 Å². The third-order valence-electron chi connectivity index (χ3n) is 5.35. The van der Waals surface area contributed by atoms with Crippen molar-refractivity contribution in [2.75, 3.05) is 22.1 Å². The highest BCUT2D eigenvalue weighted by atomic mass is 35.5. The third kappa shape index (κ3) is 5.20. The Bertz CT molecular complexity index is 1210. The Kier molecular flexibility index (Phi) is 6.71. The molecule has 0 spiro atoms. The van der Waals surface area contributed by atoms with E-state index >= 15 is 0 Å². The van der Waals surface area contributed by atoms with Gasteiger partial charge in [0.05, 0.1) is 0 Å². The number of carbonyl (C=O) groups excluding carboxylic acids is 3. The van der Waals surface area contributed by atoms with Gasteiger partial charge in [-0.1, -0.05) is 35.9 Å². The van der Waals surface area contributed by atoms with E-state index in [0.29, 0.717) is 45.8 Å². The summed E-state index contributed by atoms with van der Waals surface area (Å²) >= 11 is 7.47. The van der Waals surface area contributed by atoms with Crippen molar-refractivity contribution in [3.8, 4) is 0 Å². The molecular weight excluding hydrogens is 462 g/mol. The van der Waals surface area contributed by atoms with Crippen LogP contribution in [0.1, 0.15) is 46.6 Å². The Morgan fingerprint density at radius 3 is 2.61 bits per heavy atom. The summed E-state index contributed by atoms with van der Waals surface area (Å²) in [7, 11) is 0. The highest BCUT2D eigenvalue weighted by Gasteiger charge is 2.34. The molecule has 33 heavy (non-hydrogen) atoms. The maximum Gasteiger partial charge on any atom is 0.257 e. The molecular formula is C23H22ClN5O3S. The van der Waals surface area contributed by atoms with E-state index in [9.17, 15) is 14.4 Å². The molecule has 1 aromatic heterocycles. The second-order valence-corrected chi connectivity index (χ2v) is 9.13. The molecule has 0 radical (unpaired) electrons. The standard InChI is InChI=1S/C23H22ClN5O3S/c1-3-19(30)25-16-7-5-14(6-8-16)21(32)26-23-28-27-22(33-23)15-10-20(31)29(12-15)17-9-4-13(2)18(24)11-17/h4-9,11,15H,3,10,12H2,1-2H3,(H,25,30)(H,26,28,32)/t15-/m1/s1. The van der Waals surface area contributed by atoms with Gasteiger partial charge in [-0.25, -0.2) is 0 Å². The lowest BCUT2D eigenvalue weighted by Gasteiger charge is -2.17. The van der Waals surface area contributed by atoms with E-state index in [4.69, 9.17) is 11.6 Å². The van der Waals surface area contributed by atoms with Crippen LogP contribution in [0.25, 0.3) is 0 Å². The molecule has 1 aliphatic rings. The van der Waals surface area contributed by atoms with Gasteiger partial charge in [-0.05, 0) is 48.9 Å². The second-order valence-electron chi connectivity index (χ2n) is 7.72. The molecule has 0 aliphatic carbocycles. The van der Waals surface area contributed by atoms with Crippen LogP contribution in [0, 0.1) is 6.92 Å². The van der Waals surface area contributed by atoms with Crippen molar-refractivity contribution >= 4 is 57.2 Å². The minimum absolute atomic E-state index is 0.00374. The van der Waals surface area contributed by atoms with Crippen LogP contribution in [0.5, 0.6) is 0 Å². The van der Waals surface area contributed by atoms with Crippen molar-refractivity contribution in [2.45, 2.75) is 32.6 Å². The molecule has 4 rings (SSSR count). The number of halogens is 1. The summed E-state index contributed by atoms with van der Waals surface area (Å²) in [4.78, 5) is 38.3. The number of hydrogen-bond donors (Lipinski definition) is 2. The van der Waals surface area contributed by atoms with Gasteiger partial charge in [0.1, 0.15) is 5.01 Å². The third-order valence-corrected chi connectivity index (χ3v) is 6.76. The van der Waals surface area contributed by atoms with Gasteiger partial charge in [0.25, 0.3) is 5.91 Å². The summed E-state index contributed by atoms with van der Waals surface area (Å²) < 4.78 is 0. The van der Waals surface area contributed by atoms with Gasteiger partial charge in [-0.15, -0.1) is 10.2 Å². The number of aromatic nitrogens is 2. The predicted molar refractivity (Wildman–Crippen MR) is 129 cm³/mol. The first-order valence-electron chi connectivity index (χ1n) is 10.4. The van der Waals surface area contributed by atoms with Crippen LogP contribution in [0.4, 0.5) is 16.5 Å². The molecule has 10 heteroatoms. The zero-order chi connectivity index (χ0) is 23.5. The van der Waals surface area contributed by atoms with E-state index in [1.807, 2.05) is 19.1 Å². The molecule has 2 aromatic carbocycles. The van der Waals surface area contributed by atoms with Crippen LogP contribution < -0.4 is 15.5 Å². The normalized spacial score (nSPS) is 15.5. The molecule has 3 aromatic rings. The maximum absolute atomic E-state index is 12.6. The van der Waals surface area contributed by atoms with Crippen LogP contribution >= 0.6 is 22.9 Å². The summed E-state index contributed by atoms with van der Waals surface area (Å²) in [6, 6.07) is 12.2. The van der Waals surface area contributed by atoms with Crippen LogP contribution in [0.3, 0.4) is 0 Å². The first-order valence-corrected chi connectivity index (χ1v) is 11.6. The molecule has 2 heterocycles. The molecule has 170 valence electrons. The van der Waals surface area contributed by atoms with Crippen molar-refractivity contribution in [1.82, 2.24) is 10.2 Å². The highest BCUT2D eigenvalue weighted by molar-refractivity contribution is 7.15. The Balaban J connectivity index is 1.39. The van der Waals surface area contributed by atoms with Crippen LogP contribution in [0.2, 0.25) is 5.02 Å². The number of amides is 3. The van der Waals surface area contributed by atoms with Crippen molar-refractivity contribution in [2.24, 2.45) is 0 Å². The number of benzene rings is 2. The number of aryl methyl sites for hydroxylation is 1. The van der Waals surface area contributed by atoms with Crippen molar-refractivity contribution in [1.29, 1.82) is 0 Å². The first kappa shape index (κ1) is 22.9. The van der Waals surface area contributed by atoms with Gasteiger partial charge < -0.3 is 10.2 Å². The zero-order valence-electron chi connectivity index (χ0n) is 18.1. The number of carbonyl (C=O) groups is 3. The molecule has 3 amide bonds. The van der Waals surface area contributed by atoms with Crippen molar-refractivity contribution in [3.05, 3.63) is 63.6 Å². The lowest BCUT2D eigenvalue weighted by Crippen LogP contribution is -2.24. The van der Waals surface area contributed by atoms with Crippen LogP contribution in [0.15, 0.2) is 42.5 Å². The molecule has 0 saturated carbocycles. The number of anilines is 3. The van der Waals surface area contributed by atoms with Gasteiger partial charge in [-0.3, -0.25) is 19.7 Å². The van der Waals surface area contributed by atoms with Crippen molar-refractivity contribution in [3.63, 3.8) is 0 Å². The number of rotatable bonds is 6. The Morgan fingerprint density at radius 2 is 1.91 bits per heavy atom. The molecule has 1 aliphatic heterocycles. The summed E-state index contributed by atoms with van der Waals surface area (Å²) in [6.45, 7) is 4.16. The van der Waals surface area contributed by atoms with E-state index in [2.05, 4.69) is 20.8 Å². The topological polar surface area (TPSA) is 104 Å². The van der Waals surface area contributed by atoms with E-state index in [-0.39, 0.29) is 23.6 Å². The lowest BCUT2D eigenvalue weighted by molar-refractivity contribution is -0.117. The van der Waals surface area contributed by atoms with E-state index in [1.165, 1.54) is 11.3 Å². The van der Waals surface area contributed by atoms with E-state index in [1.54, 1.807) is 42.2 Å². The Labute approximate surface area is 200 Å². The Hall–Kier alpha value is -3.30. The largest absolute Gasteiger partial charge is 0.326 e. The highest BCUT2D eigenvalue weighted by Crippen LogP contribution is 2.35. The molecule has 8 nitrogen and oxygen atoms in total. The van der Waals surface area contributed by atoms with Gasteiger partial charge in [0.2, 0.25) is 16.9 Å². The average Bonchev–Trinajstić information content (AvgIpc) is 3.42. The monoisotopic (exact) mass is 483 g/mol. The molecule has 2 N–H and O–H groups in total. The SMILES string of the molecule is CCC(=O)Nc1ccc(C(=O)Nc2nnc([C@@H]3CC(=O)N(c4ccc(C)c(Cl)c4)C3)s2)cc1. The molecule has 0 bridgehead atoms. The molecule has 0 unspecified atom stereocenters. The zero-order valence-corrected chi connectivity index (χ0v) is 19.7. The maximum atomic E-state index is 12.6. The summed E-state index contributed by atoms with van der Waals surface area (Å²) in [5, 5.41) is 15.4. The van der Waals surface area contributed by atoms with E-state index < -0.39 is 0 Å². The minimum Gasteiger partial charge on any atom is -0.326 e. The lowest BCUT2D eigenvalue weighted by atomic mass is 10.1. The summed E-state index contributed by atoms with van der Waals surface area (Å²) in [5.74, 6) is -0.536. The first-order chi connectivity index (χ1) is 15.8.